The number of amides is 2. The minimum absolute atomic E-state index is 0.0116. The molecule has 0 atom stereocenters. The van der Waals surface area contributed by atoms with Gasteiger partial charge in [0, 0.05) is 44.5 Å². The van der Waals surface area contributed by atoms with E-state index in [-0.39, 0.29) is 11.8 Å². The monoisotopic (exact) mass is 401 g/mol. The Bertz CT molecular complexity index is 941. The van der Waals surface area contributed by atoms with Crippen LogP contribution >= 0.6 is 0 Å². The molecule has 1 heterocycles. The number of pyridine rings is 1. The van der Waals surface area contributed by atoms with E-state index in [0.717, 1.165) is 29.5 Å². The first-order valence-electron chi connectivity index (χ1n) is 10.2. The third-order valence-electron chi connectivity index (χ3n) is 5.01. The molecule has 0 aliphatic heterocycles. The van der Waals surface area contributed by atoms with Gasteiger partial charge >= 0.3 is 0 Å². The van der Waals surface area contributed by atoms with Gasteiger partial charge in [-0.25, -0.2) is 0 Å². The van der Waals surface area contributed by atoms with Crippen LogP contribution in [0.15, 0.2) is 79.1 Å². The van der Waals surface area contributed by atoms with Gasteiger partial charge in [0.1, 0.15) is 0 Å². The molecular formula is C25H27N3O2. The zero-order chi connectivity index (χ0) is 21.2. The van der Waals surface area contributed by atoms with Gasteiger partial charge in [0.2, 0.25) is 5.91 Å². The van der Waals surface area contributed by atoms with Gasteiger partial charge in [-0.05, 0) is 53.8 Å². The fourth-order valence-electron chi connectivity index (χ4n) is 3.12. The van der Waals surface area contributed by atoms with Gasteiger partial charge in [0.15, 0.2) is 0 Å². The van der Waals surface area contributed by atoms with E-state index in [0.29, 0.717) is 25.1 Å². The van der Waals surface area contributed by atoms with Gasteiger partial charge in [0.25, 0.3) is 5.91 Å². The maximum absolute atomic E-state index is 12.6. The summed E-state index contributed by atoms with van der Waals surface area (Å²) in [4.78, 5) is 30.4. The summed E-state index contributed by atoms with van der Waals surface area (Å²) in [6.07, 6.45) is 5.50. The largest absolute Gasteiger partial charge is 0.352 e. The van der Waals surface area contributed by atoms with Crippen LogP contribution in [0.3, 0.4) is 0 Å². The molecule has 3 aromatic rings. The second kappa shape index (κ2) is 10.9. The second-order valence-corrected chi connectivity index (χ2v) is 7.29. The van der Waals surface area contributed by atoms with Crippen LogP contribution < -0.4 is 5.32 Å². The number of nitrogens with zero attached hydrogens (tertiary/aromatic N) is 2. The average molecular weight is 402 g/mol. The van der Waals surface area contributed by atoms with E-state index in [9.17, 15) is 9.59 Å². The Labute approximate surface area is 177 Å². The van der Waals surface area contributed by atoms with Gasteiger partial charge in [-0.1, -0.05) is 42.5 Å². The lowest BCUT2D eigenvalue weighted by molar-refractivity contribution is -0.121. The number of aryl methyl sites for hydroxylation is 1. The van der Waals surface area contributed by atoms with Crippen molar-refractivity contribution in [2.45, 2.75) is 25.8 Å². The third kappa shape index (κ3) is 6.55. The lowest BCUT2D eigenvalue weighted by Crippen LogP contribution is -2.29. The molecule has 0 bridgehead atoms. The first-order chi connectivity index (χ1) is 14.6. The van der Waals surface area contributed by atoms with Crippen molar-refractivity contribution in [2.24, 2.45) is 0 Å². The first kappa shape index (κ1) is 21.2. The van der Waals surface area contributed by atoms with Crippen LogP contribution in [0.4, 0.5) is 0 Å². The summed E-state index contributed by atoms with van der Waals surface area (Å²) in [6, 6.07) is 21.3. The van der Waals surface area contributed by atoms with E-state index >= 15 is 0 Å². The Kier molecular flexibility index (Phi) is 7.72. The van der Waals surface area contributed by atoms with Gasteiger partial charge in [-0.3, -0.25) is 14.6 Å². The van der Waals surface area contributed by atoms with Gasteiger partial charge in [-0.2, -0.15) is 0 Å². The molecular weight excluding hydrogens is 374 g/mol. The molecule has 0 saturated carbocycles. The van der Waals surface area contributed by atoms with Crippen molar-refractivity contribution >= 4 is 11.8 Å². The molecule has 5 nitrogen and oxygen atoms in total. The molecule has 0 fully saturated rings. The van der Waals surface area contributed by atoms with Crippen molar-refractivity contribution in [2.75, 3.05) is 13.6 Å². The van der Waals surface area contributed by atoms with Crippen LogP contribution in [0.1, 0.15) is 33.5 Å². The summed E-state index contributed by atoms with van der Waals surface area (Å²) in [7, 11) is 1.81. The van der Waals surface area contributed by atoms with Crippen molar-refractivity contribution in [3.63, 3.8) is 0 Å². The molecule has 0 aliphatic rings. The molecule has 154 valence electrons. The standard InChI is InChI=1S/C25H27N3O2/c1-28(18-15-21-13-16-26-17-14-21)25(30)23-10-7-22(8-11-23)19-27-24(29)12-9-20-5-3-2-4-6-20/h2-8,10-11,13-14,16-17H,9,12,15,18-19H2,1H3,(H,27,29). The van der Waals surface area contributed by atoms with E-state index in [1.165, 1.54) is 0 Å². The molecule has 1 N–H and O–H groups in total. The molecule has 5 heteroatoms. The molecule has 1 aromatic heterocycles. The highest BCUT2D eigenvalue weighted by molar-refractivity contribution is 5.94. The SMILES string of the molecule is CN(CCc1ccncc1)C(=O)c1ccc(CNC(=O)CCc2ccccc2)cc1. The van der Waals surface area contributed by atoms with E-state index in [4.69, 9.17) is 0 Å². The van der Waals surface area contributed by atoms with E-state index in [1.54, 1.807) is 17.3 Å². The van der Waals surface area contributed by atoms with Crippen LogP contribution in [0.5, 0.6) is 0 Å². The van der Waals surface area contributed by atoms with Crippen LogP contribution in [0, 0.1) is 0 Å². The van der Waals surface area contributed by atoms with Gasteiger partial charge < -0.3 is 10.2 Å². The smallest absolute Gasteiger partial charge is 0.253 e. The number of rotatable bonds is 9. The summed E-state index contributed by atoms with van der Waals surface area (Å²) in [5.74, 6) is 0.0114. The Morgan fingerprint density at radius 3 is 2.20 bits per heavy atom. The van der Waals surface area contributed by atoms with Gasteiger partial charge in [0.05, 0.1) is 0 Å². The topological polar surface area (TPSA) is 62.3 Å². The van der Waals surface area contributed by atoms with E-state index < -0.39 is 0 Å². The summed E-state index contributed by atoms with van der Waals surface area (Å²) in [6.45, 7) is 1.10. The van der Waals surface area contributed by atoms with Crippen LogP contribution in [0.2, 0.25) is 0 Å². The summed E-state index contributed by atoms with van der Waals surface area (Å²) >= 11 is 0. The maximum atomic E-state index is 12.6. The minimum atomic E-state index is -0.0116. The normalized spacial score (nSPS) is 10.4. The molecule has 0 radical (unpaired) electrons. The number of likely N-dealkylation sites (N-methyl/N-ethyl adjacent to an activating group) is 1. The quantitative estimate of drug-likeness (QED) is 0.595. The number of hydrogen-bond donors (Lipinski definition) is 1. The fourth-order valence-corrected chi connectivity index (χ4v) is 3.12. The van der Waals surface area contributed by atoms with Crippen molar-refractivity contribution in [3.05, 3.63) is 101 Å². The number of benzene rings is 2. The summed E-state index contributed by atoms with van der Waals surface area (Å²) < 4.78 is 0. The van der Waals surface area contributed by atoms with E-state index in [2.05, 4.69) is 10.3 Å². The number of hydrogen-bond acceptors (Lipinski definition) is 3. The Morgan fingerprint density at radius 2 is 1.50 bits per heavy atom. The molecule has 30 heavy (non-hydrogen) atoms. The average Bonchev–Trinajstić information content (AvgIpc) is 2.81. The van der Waals surface area contributed by atoms with Crippen LogP contribution in [-0.4, -0.2) is 35.3 Å². The summed E-state index contributed by atoms with van der Waals surface area (Å²) in [5, 5.41) is 2.94. The maximum Gasteiger partial charge on any atom is 0.253 e. The molecule has 0 saturated heterocycles. The highest BCUT2D eigenvalue weighted by atomic mass is 16.2. The van der Waals surface area contributed by atoms with Crippen molar-refractivity contribution < 1.29 is 9.59 Å². The predicted molar refractivity (Wildman–Crippen MR) is 118 cm³/mol. The van der Waals surface area contributed by atoms with Crippen LogP contribution in [-0.2, 0) is 24.2 Å². The zero-order valence-corrected chi connectivity index (χ0v) is 17.3. The summed E-state index contributed by atoms with van der Waals surface area (Å²) in [5.41, 5.74) is 3.93. The third-order valence-corrected chi connectivity index (χ3v) is 5.01. The predicted octanol–water partition coefficient (Wildman–Crippen LogP) is 3.65. The van der Waals surface area contributed by atoms with Gasteiger partial charge in [-0.15, -0.1) is 0 Å². The lowest BCUT2D eigenvalue weighted by Gasteiger charge is -2.17. The Hall–Kier alpha value is -3.47. The number of carbonyl (C=O) groups excluding carboxylic acids is 2. The molecule has 0 unspecified atom stereocenters. The highest BCUT2D eigenvalue weighted by Crippen LogP contribution is 2.09. The van der Waals surface area contributed by atoms with E-state index in [1.807, 2.05) is 73.8 Å². The van der Waals surface area contributed by atoms with Crippen LogP contribution in [0.25, 0.3) is 0 Å². The second-order valence-electron chi connectivity index (χ2n) is 7.29. The number of aromatic nitrogens is 1. The molecule has 2 aromatic carbocycles. The fraction of sp³-hybridized carbons (Fsp3) is 0.240. The van der Waals surface area contributed by atoms with Crippen molar-refractivity contribution in [1.82, 2.24) is 15.2 Å². The molecule has 0 spiro atoms. The Morgan fingerprint density at radius 1 is 0.833 bits per heavy atom. The lowest BCUT2D eigenvalue weighted by atomic mass is 10.1. The molecule has 0 aliphatic carbocycles. The molecule has 2 amide bonds. The minimum Gasteiger partial charge on any atom is -0.352 e. The van der Waals surface area contributed by atoms with Crippen molar-refractivity contribution in [3.8, 4) is 0 Å². The highest BCUT2D eigenvalue weighted by Gasteiger charge is 2.11. The number of carbonyl (C=O) groups is 2. The number of nitrogens with one attached hydrogen (secondary N) is 1. The van der Waals surface area contributed by atoms with Crippen molar-refractivity contribution in [1.29, 1.82) is 0 Å². The first-order valence-corrected chi connectivity index (χ1v) is 10.2. The zero-order valence-electron chi connectivity index (χ0n) is 17.3. The molecule has 3 rings (SSSR count). The Balaban J connectivity index is 1.43.